The zero-order chi connectivity index (χ0) is 24.5. The van der Waals surface area contributed by atoms with Crippen molar-refractivity contribution in [3.63, 3.8) is 0 Å². The van der Waals surface area contributed by atoms with Crippen LogP contribution in [-0.4, -0.2) is 29.6 Å². The third-order valence-electron chi connectivity index (χ3n) is 5.92. The summed E-state index contributed by atoms with van der Waals surface area (Å²) in [5, 5.41) is 3.13. The number of nitrogens with one attached hydrogen (secondary N) is 1. The first-order valence-corrected chi connectivity index (χ1v) is 11.5. The number of hydrogen-bond acceptors (Lipinski definition) is 5. The molecule has 3 aromatic rings. The van der Waals surface area contributed by atoms with Gasteiger partial charge in [0.1, 0.15) is 11.6 Å². The van der Waals surface area contributed by atoms with Crippen molar-refractivity contribution in [2.24, 2.45) is 0 Å². The molecule has 1 unspecified atom stereocenters. The number of rotatable bonds is 5. The van der Waals surface area contributed by atoms with Crippen LogP contribution in [0.2, 0.25) is 5.02 Å². The molecule has 2 aliphatic rings. The van der Waals surface area contributed by atoms with E-state index in [0.29, 0.717) is 40.5 Å². The van der Waals surface area contributed by atoms with Crippen molar-refractivity contribution < 1.29 is 28.2 Å². The molecule has 5 rings (SSSR count). The fraction of sp³-hybridized carbons (Fsp3) is 0.231. The number of amides is 2. The smallest absolute Gasteiger partial charge is 0.264 e. The van der Waals surface area contributed by atoms with Crippen molar-refractivity contribution in [1.82, 2.24) is 4.90 Å². The van der Waals surface area contributed by atoms with Crippen molar-refractivity contribution >= 4 is 29.1 Å². The van der Waals surface area contributed by atoms with E-state index in [1.165, 1.54) is 12.1 Å². The number of carbonyl (C=O) groups is 2. The molecule has 1 N–H and O–H groups in total. The molecule has 0 radical (unpaired) electrons. The molecule has 0 spiro atoms. The monoisotopic (exact) mass is 496 g/mol. The summed E-state index contributed by atoms with van der Waals surface area (Å²) in [5.41, 5.74) is 2.34. The number of carbonyl (C=O) groups excluding carboxylic acids is 2. The summed E-state index contributed by atoms with van der Waals surface area (Å²) in [6.45, 7) is 2.44. The Labute approximate surface area is 206 Å². The predicted molar refractivity (Wildman–Crippen MR) is 127 cm³/mol. The van der Waals surface area contributed by atoms with Gasteiger partial charge in [-0.15, -0.1) is 0 Å². The van der Waals surface area contributed by atoms with Gasteiger partial charge in [0, 0.05) is 34.9 Å². The minimum atomic E-state index is -0.662. The molecule has 0 bridgehead atoms. The zero-order valence-electron chi connectivity index (χ0n) is 18.8. The highest BCUT2D eigenvalue weighted by Gasteiger charge is 2.30. The van der Waals surface area contributed by atoms with E-state index < -0.39 is 11.9 Å². The maximum atomic E-state index is 13.5. The minimum Gasteiger partial charge on any atom is -0.480 e. The van der Waals surface area contributed by atoms with Crippen LogP contribution in [0.25, 0.3) is 0 Å². The van der Waals surface area contributed by atoms with E-state index >= 15 is 0 Å². The standard InChI is InChI=1S/C26H22ClFN2O5/c1-2-21-26(32)30(12-16-3-5-18(28)11-20(16)27)13-17-9-19(6-8-22(17)35-21)29-25(31)15-4-7-23-24(10-15)34-14-33-23/h3-11,21H,2,12-14H2,1H3,(H,29,31). The molecule has 2 aliphatic heterocycles. The number of benzene rings is 3. The van der Waals surface area contributed by atoms with Gasteiger partial charge in [-0.2, -0.15) is 0 Å². The van der Waals surface area contributed by atoms with Gasteiger partial charge < -0.3 is 24.4 Å². The molecule has 0 aromatic heterocycles. The van der Waals surface area contributed by atoms with Crippen LogP contribution in [0, 0.1) is 5.82 Å². The summed E-state index contributed by atoms with van der Waals surface area (Å²) in [6.07, 6.45) is -0.182. The van der Waals surface area contributed by atoms with Gasteiger partial charge in [0.15, 0.2) is 17.6 Å². The van der Waals surface area contributed by atoms with Gasteiger partial charge in [-0.25, -0.2) is 4.39 Å². The number of ether oxygens (including phenoxy) is 3. The van der Waals surface area contributed by atoms with Crippen LogP contribution >= 0.6 is 11.6 Å². The first kappa shape index (κ1) is 23.0. The molecular formula is C26H22ClFN2O5. The topological polar surface area (TPSA) is 77.1 Å². The van der Waals surface area contributed by atoms with Gasteiger partial charge in [-0.05, 0) is 60.5 Å². The number of nitrogens with zero attached hydrogens (tertiary/aromatic N) is 1. The molecular weight excluding hydrogens is 475 g/mol. The van der Waals surface area contributed by atoms with Gasteiger partial charge in [0.2, 0.25) is 6.79 Å². The SMILES string of the molecule is CCC1Oc2ccc(NC(=O)c3ccc4c(c3)OCO4)cc2CN(Cc2ccc(F)cc2Cl)C1=O. The van der Waals surface area contributed by atoms with Crippen LogP contribution in [-0.2, 0) is 17.9 Å². The highest BCUT2D eigenvalue weighted by molar-refractivity contribution is 6.31. The zero-order valence-corrected chi connectivity index (χ0v) is 19.6. The summed E-state index contributed by atoms with van der Waals surface area (Å²) in [6, 6.07) is 14.3. The fourth-order valence-electron chi connectivity index (χ4n) is 4.07. The van der Waals surface area contributed by atoms with Gasteiger partial charge >= 0.3 is 0 Å². The maximum Gasteiger partial charge on any atom is 0.264 e. The summed E-state index contributed by atoms with van der Waals surface area (Å²) < 4.78 is 30.1. The van der Waals surface area contributed by atoms with Crippen molar-refractivity contribution in [1.29, 1.82) is 0 Å². The molecule has 7 nitrogen and oxygen atoms in total. The van der Waals surface area contributed by atoms with Crippen LogP contribution in [0.1, 0.15) is 34.8 Å². The first-order chi connectivity index (χ1) is 16.9. The Kier molecular flexibility index (Phi) is 6.21. The second-order valence-corrected chi connectivity index (χ2v) is 8.70. The molecule has 35 heavy (non-hydrogen) atoms. The molecule has 180 valence electrons. The first-order valence-electron chi connectivity index (χ1n) is 11.1. The lowest BCUT2D eigenvalue weighted by Gasteiger charge is -2.23. The van der Waals surface area contributed by atoms with Crippen LogP contribution in [0.4, 0.5) is 10.1 Å². The van der Waals surface area contributed by atoms with E-state index in [1.54, 1.807) is 47.4 Å². The fourth-order valence-corrected chi connectivity index (χ4v) is 4.30. The molecule has 0 fully saturated rings. The second kappa shape index (κ2) is 9.46. The minimum absolute atomic E-state index is 0.127. The van der Waals surface area contributed by atoms with Gasteiger partial charge in [0.25, 0.3) is 11.8 Å². The Hall–Kier alpha value is -3.78. The summed E-state index contributed by atoms with van der Waals surface area (Å²) in [4.78, 5) is 27.6. The number of halogens is 2. The summed E-state index contributed by atoms with van der Waals surface area (Å²) in [5.74, 6) is 0.751. The Balaban J connectivity index is 1.39. The third kappa shape index (κ3) is 4.74. The molecule has 2 amide bonds. The Bertz CT molecular complexity index is 1310. The van der Waals surface area contributed by atoms with E-state index in [0.717, 1.165) is 5.56 Å². The third-order valence-corrected chi connectivity index (χ3v) is 6.27. The van der Waals surface area contributed by atoms with E-state index in [4.69, 9.17) is 25.8 Å². The van der Waals surface area contributed by atoms with Crippen molar-refractivity contribution in [2.75, 3.05) is 12.1 Å². The van der Waals surface area contributed by atoms with Gasteiger partial charge in [0.05, 0.1) is 0 Å². The van der Waals surface area contributed by atoms with Crippen molar-refractivity contribution in [2.45, 2.75) is 32.5 Å². The molecule has 2 heterocycles. The van der Waals surface area contributed by atoms with Crippen LogP contribution in [0.5, 0.6) is 17.2 Å². The number of hydrogen-bond donors (Lipinski definition) is 1. The molecule has 0 saturated carbocycles. The lowest BCUT2D eigenvalue weighted by molar-refractivity contribution is -0.139. The normalized spacial score (nSPS) is 16.4. The van der Waals surface area contributed by atoms with E-state index in [1.807, 2.05) is 6.92 Å². The number of anilines is 1. The highest BCUT2D eigenvalue weighted by Crippen LogP contribution is 2.34. The molecule has 0 aliphatic carbocycles. The summed E-state index contributed by atoms with van der Waals surface area (Å²) in [7, 11) is 0. The summed E-state index contributed by atoms with van der Waals surface area (Å²) >= 11 is 6.21. The van der Waals surface area contributed by atoms with Gasteiger partial charge in [-0.3, -0.25) is 9.59 Å². The molecule has 0 saturated heterocycles. The second-order valence-electron chi connectivity index (χ2n) is 8.29. The quantitative estimate of drug-likeness (QED) is 0.528. The Morgan fingerprint density at radius 3 is 2.69 bits per heavy atom. The average Bonchev–Trinajstić information content (AvgIpc) is 3.27. The molecule has 1 atom stereocenters. The van der Waals surface area contributed by atoms with Crippen molar-refractivity contribution in [3.8, 4) is 17.2 Å². The maximum absolute atomic E-state index is 13.5. The Morgan fingerprint density at radius 2 is 1.89 bits per heavy atom. The lowest BCUT2D eigenvalue weighted by Crippen LogP contribution is -2.38. The van der Waals surface area contributed by atoms with Crippen LogP contribution in [0.15, 0.2) is 54.6 Å². The predicted octanol–water partition coefficient (Wildman–Crippen LogP) is 5.16. The van der Waals surface area contributed by atoms with E-state index in [2.05, 4.69) is 5.32 Å². The van der Waals surface area contributed by atoms with E-state index in [-0.39, 0.29) is 36.7 Å². The number of fused-ring (bicyclic) bond motifs is 2. The van der Waals surface area contributed by atoms with Crippen LogP contribution < -0.4 is 19.5 Å². The van der Waals surface area contributed by atoms with Gasteiger partial charge in [-0.1, -0.05) is 24.6 Å². The Morgan fingerprint density at radius 1 is 1.09 bits per heavy atom. The largest absolute Gasteiger partial charge is 0.480 e. The lowest BCUT2D eigenvalue weighted by atomic mass is 10.1. The molecule has 9 heteroatoms. The highest BCUT2D eigenvalue weighted by atomic mass is 35.5. The average molecular weight is 497 g/mol. The van der Waals surface area contributed by atoms with E-state index in [9.17, 15) is 14.0 Å². The van der Waals surface area contributed by atoms with Crippen LogP contribution in [0.3, 0.4) is 0 Å². The van der Waals surface area contributed by atoms with Crippen molar-refractivity contribution in [3.05, 3.63) is 82.1 Å². The molecule has 3 aromatic carbocycles.